The van der Waals surface area contributed by atoms with E-state index in [1.165, 1.54) is 28.0 Å². The molecule has 27 heavy (non-hydrogen) atoms. The Labute approximate surface area is 158 Å². The van der Waals surface area contributed by atoms with Crippen LogP contribution in [0.25, 0.3) is 20.7 Å². The number of nitrogens with zero attached hydrogens (tertiary/aromatic N) is 2. The zero-order valence-electron chi connectivity index (χ0n) is 15.3. The van der Waals surface area contributed by atoms with Gasteiger partial charge in [-0.1, -0.05) is 24.3 Å². The van der Waals surface area contributed by atoms with E-state index >= 15 is 0 Å². The van der Waals surface area contributed by atoms with E-state index in [4.69, 9.17) is 5.11 Å². The molecule has 0 saturated carbocycles. The molecule has 2 aromatic heterocycles. The fourth-order valence-electron chi connectivity index (χ4n) is 3.09. The summed E-state index contributed by atoms with van der Waals surface area (Å²) in [5.41, 5.74) is 0.525. The summed E-state index contributed by atoms with van der Waals surface area (Å²) in [4.78, 5) is 26.6. The van der Waals surface area contributed by atoms with E-state index in [-0.39, 0.29) is 18.7 Å². The molecule has 0 fully saturated rings. The van der Waals surface area contributed by atoms with Crippen LogP contribution in [-0.2, 0) is 19.5 Å². The Balaban J connectivity index is 2.21. The van der Waals surface area contributed by atoms with Crippen molar-refractivity contribution < 1.29 is 13.9 Å². The molecule has 0 saturated heterocycles. The minimum Gasteiger partial charge on any atom is -0.396 e. The van der Waals surface area contributed by atoms with Crippen LogP contribution in [0.15, 0.2) is 33.9 Å². The van der Waals surface area contributed by atoms with Gasteiger partial charge in [0.25, 0.3) is 11.5 Å². The van der Waals surface area contributed by atoms with Gasteiger partial charge in [0, 0.05) is 37.6 Å². The molecular weight excluding hydrogens is 374 g/mol. The molecule has 0 aliphatic rings. The number of aliphatic hydroxyl groups excluding tert-OH is 1. The summed E-state index contributed by atoms with van der Waals surface area (Å²) in [6.07, 6.45) is 0.309. The second kappa shape index (κ2) is 7.01. The summed E-state index contributed by atoms with van der Waals surface area (Å²) < 4.78 is 29.4. The number of rotatable bonds is 5. The number of hydrogen-bond acceptors (Lipinski definition) is 4. The van der Waals surface area contributed by atoms with Crippen LogP contribution in [0.2, 0.25) is 0 Å². The van der Waals surface area contributed by atoms with Crippen molar-refractivity contribution in [3.05, 3.63) is 56.2 Å². The maximum Gasteiger partial charge on any atom is 0.331 e. The summed E-state index contributed by atoms with van der Waals surface area (Å²) in [5.74, 6) is -2.92. The summed E-state index contributed by atoms with van der Waals surface area (Å²) in [5, 5.41) is 9.45. The predicted octanol–water partition coefficient (Wildman–Crippen LogP) is 3.23. The predicted molar refractivity (Wildman–Crippen MR) is 103 cm³/mol. The molecule has 0 unspecified atom stereocenters. The fraction of sp³-hybridized carbons (Fsp3) is 0.368. The average Bonchev–Trinajstić information content (AvgIpc) is 2.97. The minimum atomic E-state index is -2.92. The van der Waals surface area contributed by atoms with Crippen LogP contribution in [0.1, 0.15) is 24.5 Å². The lowest BCUT2D eigenvalue weighted by Crippen LogP contribution is -2.39. The summed E-state index contributed by atoms with van der Waals surface area (Å²) in [6, 6.07) is 5.95. The van der Waals surface area contributed by atoms with Gasteiger partial charge in [0.1, 0.15) is 4.83 Å². The number of hydrogen-bond donors (Lipinski definition) is 1. The van der Waals surface area contributed by atoms with E-state index < -0.39 is 17.2 Å². The number of alkyl halides is 2. The SMILES string of the molecule is Cc1c(-c2ccc(C(C)(F)F)cc2)sc2c1c(=O)n(CCCO)c(=O)n2C. The Kier molecular flexibility index (Phi) is 5.05. The standard InChI is InChI=1S/C19H20F2N2O3S/c1-11-14-16(25)23(9-4-10-24)18(26)22(3)17(14)27-15(11)12-5-7-13(8-6-12)19(2,20)21/h5-8,24H,4,9-10H2,1-3H3. The van der Waals surface area contributed by atoms with Crippen molar-refractivity contribution in [2.45, 2.75) is 32.7 Å². The van der Waals surface area contributed by atoms with Gasteiger partial charge in [0.2, 0.25) is 0 Å². The number of benzene rings is 1. The van der Waals surface area contributed by atoms with Crippen LogP contribution in [0.4, 0.5) is 8.78 Å². The summed E-state index contributed by atoms with van der Waals surface area (Å²) >= 11 is 1.29. The molecule has 0 atom stereocenters. The lowest BCUT2D eigenvalue weighted by Gasteiger charge is -2.10. The second-order valence-corrected chi connectivity index (χ2v) is 7.58. The van der Waals surface area contributed by atoms with Crippen LogP contribution in [0.3, 0.4) is 0 Å². The Hall–Kier alpha value is -2.32. The molecule has 0 amide bonds. The van der Waals surface area contributed by atoms with Crippen molar-refractivity contribution >= 4 is 21.6 Å². The molecule has 1 aromatic carbocycles. The largest absolute Gasteiger partial charge is 0.396 e. The van der Waals surface area contributed by atoms with Crippen LogP contribution in [0.5, 0.6) is 0 Å². The Morgan fingerprint density at radius 1 is 1.19 bits per heavy atom. The smallest absolute Gasteiger partial charge is 0.331 e. The third-order valence-corrected chi connectivity index (χ3v) is 6.02. The number of halogens is 2. The fourth-order valence-corrected chi connectivity index (χ4v) is 4.35. The lowest BCUT2D eigenvalue weighted by molar-refractivity contribution is 0.0175. The molecule has 144 valence electrons. The van der Waals surface area contributed by atoms with E-state index in [0.717, 1.165) is 21.9 Å². The minimum absolute atomic E-state index is 0.0798. The molecular formula is C19H20F2N2O3S. The summed E-state index contributed by atoms with van der Waals surface area (Å²) in [7, 11) is 1.60. The van der Waals surface area contributed by atoms with Crippen molar-refractivity contribution in [3.63, 3.8) is 0 Å². The number of aryl methyl sites for hydroxylation is 2. The molecule has 3 aromatic rings. The zero-order valence-corrected chi connectivity index (χ0v) is 16.1. The molecule has 1 N–H and O–H groups in total. The van der Waals surface area contributed by atoms with Crippen LogP contribution >= 0.6 is 11.3 Å². The zero-order chi connectivity index (χ0) is 19.9. The van der Waals surface area contributed by atoms with Crippen LogP contribution < -0.4 is 11.2 Å². The van der Waals surface area contributed by atoms with E-state index in [9.17, 15) is 18.4 Å². The van der Waals surface area contributed by atoms with Gasteiger partial charge < -0.3 is 5.11 Å². The Morgan fingerprint density at radius 2 is 1.81 bits per heavy atom. The molecule has 2 heterocycles. The monoisotopic (exact) mass is 394 g/mol. The molecule has 0 radical (unpaired) electrons. The molecule has 0 bridgehead atoms. The average molecular weight is 394 g/mol. The molecule has 0 aliphatic heterocycles. The molecule has 0 spiro atoms. The highest BCUT2D eigenvalue weighted by atomic mass is 32.1. The quantitative estimate of drug-likeness (QED) is 0.723. The van der Waals surface area contributed by atoms with Gasteiger partial charge in [-0.15, -0.1) is 11.3 Å². The third-order valence-electron chi connectivity index (χ3n) is 4.60. The number of aliphatic hydroxyl groups is 1. The van der Waals surface area contributed by atoms with Crippen molar-refractivity contribution in [1.82, 2.24) is 9.13 Å². The number of thiophene rings is 1. The first-order valence-corrected chi connectivity index (χ1v) is 9.31. The maximum absolute atomic E-state index is 13.4. The van der Waals surface area contributed by atoms with Gasteiger partial charge >= 0.3 is 5.69 Å². The van der Waals surface area contributed by atoms with E-state index in [0.29, 0.717) is 22.2 Å². The topological polar surface area (TPSA) is 64.2 Å². The highest BCUT2D eigenvalue weighted by molar-refractivity contribution is 7.22. The van der Waals surface area contributed by atoms with Crippen molar-refractivity contribution in [2.75, 3.05) is 6.61 Å². The first kappa shape index (κ1) is 19.4. The van der Waals surface area contributed by atoms with Crippen molar-refractivity contribution in [3.8, 4) is 10.4 Å². The van der Waals surface area contributed by atoms with E-state index in [1.807, 2.05) is 0 Å². The maximum atomic E-state index is 13.4. The first-order valence-electron chi connectivity index (χ1n) is 8.49. The van der Waals surface area contributed by atoms with Gasteiger partial charge in [0.15, 0.2) is 0 Å². The van der Waals surface area contributed by atoms with Crippen LogP contribution in [0, 0.1) is 6.92 Å². The number of fused-ring (bicyclic) bond motifs is 1. The molecule has 0 aliphatic carbocycles. The van der Waals surface area contributed by atoms with E-state index in [2.05, 4.69) is 0 Å². The van der Waals surface area contributed by atoms with Gasteiger partial charge in [-0.3, -0.25) is 13.9 Å². The summed E-state index contributed by atoms with van der Waals surface area (Å²) in [6.45, 7) is 2.66. The number of aromatic nitrogens is 2. The highest BCUT2D eigenvalue weighted by Crippen LogP contribution is 2.37. The second-order valence-electron chi connectivity index (χ2n) is 6.58. The van der Waals surface area contributed by atoms with Gasteiger partial charge in [-0.05, 0) is 24.5 Å². The molecule has 3 rings (SSSR count). The molecule has 5 nitrogen and oxygen atoms in total. The molecule has 8 heteroatoms. The Morgan fingerprint density at radius 3 is 2.37 bits per heavy atom. The van der Waals surface area contributed by atoms with E-state index in [1.54, 1.807) is 26.1 Å². The van der Waals surface area contributed by atoms with Gasteiger partial charge in [0.05, 0.1) is 5.39 Å². The van der Waals surface area contributed by atoms with Crippen LogP contribution in [-0.4, -0.2) is 20.8 Å². The van der Waals surface area contributed by atoms with Gasteiger partial charge in [-0.2, -0.15) is 0 Å². The lowest BCUT2D eigenvalue weighted by atomic mass is 10.0. The van der Waals surface area contributed by atoms with Crippen molar-refractivity contribution in [2.24, 2.45) is 7.05 Å². The normalized spacial score (nSPS) is 12.1. The first-order chi connectivity index (χ1) is 12.7. The van der Waals surface area contributed by atoms with Crippen molar-refractivity contribution in [1.29, 1.82) is 0 Å². The Bertz CT molecular complexity index is 1110. The highest BCUT2D eigenvalue weighted by Gasteiger charge is 2.24. The van der Waals surface area contributed by atoms with Gasteiger partial charge in [-0.25, -0.2) is 13.6 Å². The third kappa shape index (κ3) is 3.35.